The lowest BCUT2D eigenvalue weighted by Gasteiger charge is -2.30. The Morgan fingerprint density at radius 1 is 1.30 bits per heavy atom. The zero-order valence-electron chi connectivity index (χ0n) is 15.2. The van der Waals surface area contributed by atoms with Gasteiger partial charge in [-0.3, -0.25) is 4.79 Å². The highest BCUT2D eigenvalue weighted by Gasteiger charge is 2.28. The molecular weight excluding hydrogens is 364 g/mol. The van der Waals surface area contributed by atoms with Crippen LogP contribution in [-0.4, -0.2) is 45.5 Å². The average molecular weight is 384 g/mol. The molecule has 7 nitrogen and oxygen atoms in total. The van der Waals surface area contributed by atoms with E-state index in [4.69, 9.17) is 9.26 Å². The van der Waals surface area contributed by atoms with Gasteiger partial charge >= 0.3 is 0 Å². The van der Waals surface area contributed by atoms with Crippen LogP contribution in [0.1, 0.15) is 39.9 Å². The standard InChI is InChI=1S/C19H20N4O3S/c1-12-11-15(22-27-12)19(24)23-9-7-13(8-10-23)17-20-18(26-21-17)14-5-3-4-6-16(14)25-2/h3-6,11,13H,7-10H2,1-2H3. The maximum atomic E-state index is 12.5. The molecule has 1 aliphatic heterocycles. The minimum Gasteiger partial charge on any atom is -0.496 e. The van der Waals surface area contributed by atoms with Crippen LogP contribution in [-0.2, 0) is 0 Å². The summed E-state index contributed by atoms with van der Waals surface area (Å²) in [5.74, 6) is 2.03. The summed E-state index contributed by atoms with van der Waals surface area (Å²) in [4.78, 5) is 20.0. The summed E-state index contributed by atoms with van der Waals surface area (Å²) in [5, 5.41) is 4.17. The van der Waals surface area contributed by atoms with Crippen LogP contribution in [0.25, 0.3) is 11.5 Å². The molecule has 0 bridgehead atoms. The lowest BCUT2D eigenvalue weighted by molar-refractivity contribution is 0.0706. The fourth-order valence-corrected chi connectivity index (χ4v) is 3.84. The number of aromatic nitrogens is 3. The van der Waals surface area contributed by atoms with Crippen molar-refractivity contribution in [3.63, 3.8) is 0 Å². The largest absolute Gasteiger partial charge is 0.496 e. The molecule has 0 unspecified atom stereocenters. The molecular formula is C19H20N4O3S. The van der Waals surface area contributed by atoms with Gasteiger partial charge in [0.15, 0.2) is 5.82 Å². The fourth-order valence-electron chi connectivity index (χ4n) is 3.30. The number of aryl methyl sites for hydroxylation is 1. The quantitative estimate of drug-likeness (QED) is 0.684. The van der Waals surface area contributed by atoms with Gasteiger partial charge in [-0.1, -0.05) is 17.3 Å². The number of amides is 1. The van der Waals surface area contributed by atoms with Crippen LogP contribution in [0, 0.1) is 6.92 Å². The van der Waals surface area contributed by atoms with E-state index in [-0.39, 0.29) is 11.8 Å². The summed E-state index contributed by atoms with van der Waals surface area (Å²) in [6.45, 7) is 3.29. The Bertz CT molecular complexity index is 944. The molecule has 0 radical (unpaired) electrons. The van der Waals surface area contributed by atoms with Crippen molar-refractivity contribution in [3.8, 4) is 17.2 Å². The van der Waals surface area contributed by atoms with Gasteiger partial charge in [-0.05, 0) is 49.5 Å². The van der Waals surface area contributed by atoms with Gasteiger partial charge in [0.2, 0.25) is 0 Å². The molecule has 1 aliphatic rings. The molecule has 0 N–H and O–H groups in total. The monoisotopic (exact) mass is 384 g/mol. The van der Waals surface area contributed by atoms with Crippen LogP contribution < -0.4 is 4.74 Å². The zero-order valence-corrected chi connectivity index (χ0v) is 16.0. The first-order valence-corrected chi connectivity index (χ1v) is 9.62. The van der Waals surface area contributed by atoms with Crippen LogP contribution in [0.4, 0.5) is 0 Å². The molecule has 27 heavy (non-hydrogen) atoms. The van der Waals surface area contributed by atoms with Crippen molar-refractivity contribution in [3.05, 3.63) is 46.7 Å². The van der Waals surface area contributed by atoms with Crippen molar-refractivity contribution in [1.82, 2.24) is 19.4 Å². The van der Waals surface area contributed by atoms with Crippen LogP contribution in [0.15, 0.2) is 34.9 Å². The number of methoxy groups -OCH3 is 1. The molecule has 3 heterocycles. The number of carbonyl (C=O) groups is 1. The van der Waals surface area contributed by atoms with Gasteiger partial charge in [-0.25, -0.2) is 0 Å². The Balaban J connectivity index is 1.43. The molecule has 4 rings (SSSR count). The number of rotatable bonds is 4. The molecule has 2 aromatic heterocycles. The van der Waals surface area contributed by atoms with E-state index < -0.39 is 0 Å². The topological polar surface area (TPSA) is 81.4 Å². The molecule has 0 aliphatic carbocycles. The highest BCUT2D eigenvalue weighted by atomic mass is 32.1. The Morgan fingerprint density at radius 2 is 2.07 bits per heavy atom. The molecule has 0 saturated carbocycles. The molecule has 1 fully saturated rings. The van der Waals surface area contributed by atoms with E-state index in [2.05, 4.69) is 14.5 Å². The molecule has 0 spiro atoms. The third-order valence-corrected chi connectivity index (χ3v) is 5.47. The lowest BCUT2D eigenvalue weighted by atomic mass is 9.96. The van der Waals surface area contributed by atoms with E-state index in [1.807, 2.05) is 42.2 Å². The average Bonchev–Trinajstić information content (AvgIpc) is 3.37. The van der Waals surface area contributed by atoms with E-state index in [1.165, 1.54) is 11.5 Å². The van der Waals surface area contributed by atoms with Gasteiger partial charge in [0.1, 0.15) is 11.4 Å². The first-order valence-electron chi connectivity index (χ1n) is 8.85. The van der Waals surface area contributed by atoms with E-state index >= 15 is 0 Å². The van der Waals surface area contributed by atoms with Gasteiger partial charge < -0.3 is 14.2 Å². The first-order chi connectivity index (χ1) is 13.2. The van der Waals surface area contributed by atoms with Crippen LogP contribution >= 0.6 is 11.5 Å². The maximum absolute atomic E-state index is 12.5. The van der Waals surface area contributed by atoms with E-state index in [1.54, 1.807) is 7.11 Å². The van der Waals surface area contributed by atoms with Crippen molar-refractivity contribution in [1.29, 1.82) is 0 Å². The lowest BCUT2D eigenvalue weighted by Crippen LogP contribution is -2.38. The molecule has 1 aromatic carbocycles. The minimum atomic E-state index is 0.000577. The minimum absolute atomic E-state index is 0.000577. The maximum Gasteiger partial charge on any atom is 0.273 e. The molecule has 1 amide bonds. The predicted octanol–water partition coefficient (Wildman–Crippen LogP) is 3.53. The third kappa shape index (κ3) is 3.57. The second-order valence-corrected chi connectivity index (χ2v) is 7.56. The number of piperidine rings is 1. The Hall–Kier alpha value is -2.74. The molecule has 3 aromatic rings. The number of nitrogens with zero attached hydrogens (tertiary/aromatic N) is 4. The summed E-state index contributed by atoms with van der Waals surface area (Å²) >= 11 is 1.36. The summed E-state index contributed by atoms with van der Waals surface area (Å²) in [6.07, 6.45) is 1.61. The summed E-state index contributed by atoms with van der Waals surface area (Å²) in [7, 11) is 1.62. The van der Waals surface area contributed by atoms with Crippen molar-refractivity contribution in [2.75, 3.05) is 20.2 Å². The Morgan fingerprint density at radius 3 is 2.78 bits per heavy atom. The van der Waals surface area contributed by atoms with Gasteiger partial charge in [-0.2, -0.15) is 9.36 Å². The summed E-state index contributed by atoms with van der Waals surface area (Å²) in [6, 6.07) is 9.41. The van der Waals surface area contributed by atoms with E-state index in [9.17, 15) is 4.79 Å². The number of hydrogen-bond acceptors (Lipinski definition) is 7. The second-order valence-electron chi connectivity index (χ2n) is 6.55. The van der Waals surface area contributed by atoms with Crippen molar-refractivity contribution in [2.24, 2.45) is 0 Å². The molecule has 0 atom stereocenters. The van der Waals surface area contributed by atoms with Gasteiger partial charge in [0.05, 0.1) is 12.7 Å². The molecule has 8 heteroatoms. The highest BCUT2D eigenvalue weighted by Crippen LogP contribution is 2.32. The van der Waals surface area contributed by atoms with Crippen molar-refractivity contribution >= 4 is 17.4 Å². The first kappa shape index (κ1) is 17.7. The predicted molar refractivity (Wildman–Crippen MR) is 101 cm³/mol. The normalized spacial score (nSPS) is 15.1. The van der Waals surface area contributed by atoms with Gasteiger partial charge in [-0.15, -0.1) is 0 Å². The van der Waals surface area contributed by atoms with Crippen molar-refractivity contribution < 1.29 is 14.1 Å². The Labute approximate surface area is 161 Å². The number of likely N-dealkylation sites (tertiary alicyclic amines) is 1. The third-order valence-electron chi connectivity index (χ3n) is 4.77. The number of benzene rings is 1. The SMILES string of the molecule is COc1ccccc1-c1nc(C2CCN(C(=O)c3cc(C)sn3)CC2)no1. The van der Waals surface area contributed by atoms with E-state index in [0.29, 0.717) is 36.2 Å². The Kier molecular flexibility index (Phi) is 4.89. The zero-order chi connectivity index (χ0) is 18.8. The molecule has 1 saturated heterocycles. The highest BCUT2D eigenvalue weighted by molar-refractivity contribution is 7.05. The van der Waals surface area contributed by atoms with Gasteiger partial charge in [0.25, 0.3) is 11.8 Å². The van der Waals surface area contributed by atoms with Gasteiger partial charge in [0, 0.05) is 23.9 Å². The fraction of sp³-hybridized carbons (Fsp3) is 0.368. The number of carbonyl (C=O) groups excluding carboxylic acids is 1. The van der Waals surface area contributed by atoms with E-state index in [0.717, 1.165) is 23.3 Å². The summed E-state index contributed by atoms with van der Waals surface area (Å²) < 4.78 is 15.0. The van der Waals surface area contributed by atoms with Crippen molar-refractivity contribution in [2.45, 2.75) is 25.7 Å². The van der Waals surface area contributed by atoms with Crippen LogP contribution in [0.5, 0.6) is 5.75 Å². The summed E-state index contributed by atoms with van der Waals surface area (Å²) in [5.41, 5.74) is 1.32. The number of ether oxygens (including phenoxy) is 1. The second kappa shape index (κ2) is 7.48. The van der Waals surface area contributed by atoms with Crippen LogP contribution in [0.2, 0.25) is 0 Å². The number of hydrogen-bond donors (Lipinski definition) is 0. The number of para-hydroxylation sites is 1. The smallest absolute Gasteiger partial charge is 0.273 e. The molecule has 140 valence electrons. The van der Waals surface area contributed by atoms with Crippen LogP contribution in [0.3, 0.4) is 0 Å².